The van der Waals surface area contributed by atoms with Crippen LogP contribution in [0, 0.1) is 18.3 Å². The van der Waals surface area contributed by atoms with Crippen LogP contribution in [-0.4, -0.2) is 45.6 Å². The number of nitrogens with zero attached hydrogens (tertiary/aromatic N) is 3. The summed E-state index contributed by atoms with van der Waals surface area (Å²) in [6.07, 6.45) is 9.90. The van der Waals surface area contributed by atoms with E-state index in [2.05, 4.69) is 10.4 Å². The van der Waals surface area contributed by atoms with Crippen molar-refractivity contribution >= 4 is 11.8 Å². The van der Waals surface area contributed by atoms with E-state index in [0.717, 1.165) is 38.0 Å². The van der Waals surface area contributed by atoms with Gasteiger partial charge in [0.25, 0.3) is 5.91 Å². The van der Waals surface area contributed by atoms with Crippen LogP contribution in [0.15, 0.2) is 6.07 Å². The van der Waals surface area contributed by atoms with E-state index >= 15 is 0 Å². The summed E-state index contributed by atoms with van der Waals surface area (Å²) in [5.41, 5.74) is 1.75. The van der Waals surface area contributed by atoms with Gasteiger partial charge in [-0.25, -0.2) is 0 Å². The minimum Gasteiger partial charge on any atom is -0.353 e. The van der Waals surface area contributed by atoms with Crippen LogP contribution in [0.25, 0.3) is 0 Å². The largest absolute Gasteiger partial charge is 0.353 e. The molecule has 0 radical (unpaired) electrons. The van der Waals surface area contributed by atoms with Gasteiger partial charge in [-0.3, -0.25) is 14.3 Å². The summed E-state index contributed by atoms with van der Waals surface area (Å²) in [4.78, 5) is 27.3. The summed E-state index contributed by atoms with van der Waals surface area (Å²) in [7, 11) is 1.88. The fourth-order valence-electron chi connectivity index (χ4n) is 5.07. The quantitative estimate of drug-likeness (QED) is 0.864. The number of carbonyl (C=O) groups is 2. The molecule has 2 aliphatic carbocycles. The molecule has 1 saturated heterocycles. The fourth-order valence-corrected chi connectivity index (χ4v) is 5.07. The van der Waals surface area contributed by atoms with Crippen LogP contribution in [0.5, 0.6) is 0 Å². The molecular weight excluding hydrogens is 340 g/mol. The molecule has 2 saturated carbocycles. The average molecular weight is 373 g/mol. The van der Waals surface area contributed by atoms with E-state index < -0.39 is 0 Å². The summed E-state index contributed by atoms with van der Waals surface area (Å²) in [6.45, 7) is 3.57. The molecule has 1 spiro atoms. The lowest BCUT2D eigenvalue weighted by Crippen LogP contribution is -2.35. The van der Waals surface area contributed by atoms with Crippen molar-refractivity contribution in [1.29, 1.82) is 0 Å². The number of aryl methyl sites for hydroxylation is 2. The highest BCUT2D eigenvalue weighted by atomic mass is 16.2. The van der Waals surface area contributed by atoms with Crippen LogP contribution in [0.1, 0.15) is 74.0 Å². The third-order valence-corrected chi connectivity index (χ3v) is 6.94. The van der Waals surface area contributed by atoms with E-state index in [0.29, 0.717) is 24.1 Å². The molecule has 2 amide bonds. The molecule has 1 atom stereocenters. The van der Waals surface area contributed by atoms with E-state index in [1.807, 2.05) is 24.9 Å². The first-order valence-corrected chi connectivity index (χ1v) is 10.6. The lowest BCUT2D eigenvalue weighted by Gasteiger charge is -2.38. The Morgan fingerprint density at radius 3 is 2.63 bits per heavy atom. The van der Waals surface area contributed by atoms with E-state index in [-0.39, 0.29) is 17.2 Å². The average Bonchev–Trinajstić information content (AvgIpc) is 3.31. The third kappa shape index (κ3) is 3.90. The summed E-state index contributed by atoms with van der Waals surface area (Å²) >= 11 is 0. The van der Waals surface area contributed by atoms with Crippen LogP contribution >= 0.6 is 0 Å². The van der Waals surface area contributed by atoms with Gasteiger partial charge in [-0.05, 0) is 56.4 Å². The maximum absolute atomic E-state index is 13.0. The number of rotatable bonds is 5. The topological polar surface area (TPSA) is 67.2 Å². The summed E-state index contributed by atoms with van der Waals surface area (Å²) < 4.78 is 1.76. The Balaban J connectivity index is 1.45. The Labute approximate surface area is 161 Å². The highest BCUT2D eigenvalue weighted by Crippen LogP contribution is 2.49. The second-order valence-corrected chi connectivity index (χ2v) is 8.98. The monoisotopic (exact) mass is 372 g/mol. The van der Waals surface area contributed by atoms with Gasteiger partial charge in [0.2, 0.25) is 5.91 Å². The van der Waals surface area contributed by atoms with Crippen LogP contribution in [0.4, 0.5) is 0 Å². The summed E-state index contributed by atoms with van der Waals surface area (Å²) in [5.74, 6) is 0.665. The second-order valence-electron chi connectivity index (χ2n) is 8.98. The summed E-state index contributed by atoms with van der Waals surface area (Å²) in [6, 6.07) is 2.31. The van der Waals surface area contributed by atoms with Gasteiger partial charge in [0.05, 0.1) is 0 Å². The van der Waals surface area contributed by atoms with Crippen molar-refractivity contribution in [3.8, 4) is 0 Å². The van der Waals surface area contributed by atoms with Gasteiger partial charge in [0, 0.05) is 38.3 Å². The molecule has 1 aromatic heterocycles. The van der Waals surface area contributed by atoms with Crippen molar-refractivity contribution in [1.82, 2.24) is 20.0 Å². The van der Waals surface area contributed by atoms with Gasteiger partial charge in [-0.2, -0.15) is 5.10 Å². The first-order chi connectivity index (χ1) is 13.0. The number of hydrogen-bond acceptors (Lipinski definition) is 3. The molecule has 1 N–H and O–H groups in total. The number of carbonyl (C=O) groups excluding carboxylic acids is 2. The fraction of sp³-hybridized carbons (Fsp3) is 0.762. The van der Waals surface area contributed by atoms with Gasteiger partial charge < -0.3 is 10.2 Å². The van der Waals surface area contributed by atoms with Crippen LogP contribution < -0.4 is 5.32 Å². The third-order valence-electron chi connectivity index (χ3n) is 6.94. The van der Waals surface area contributed by atoms with Gasteiger partial charge in [0.1, 0.15) is 0 Å². The molecule has 1 unspecified atom stereocenters. The number of nitrogens with one attached hydrogen (secondary N) is 1. The standard InChI is InChI=1S/C21H32N4O2/c1-15-12-18(23-24(15)2)20(27)25-13-16(6-9-19(26)22-17-7-8-17)21(14-25)10-4-3-5-11-21/h12,16-17H,3-11,13-14H2,1-2H3,(H,22,26). The summed E-state index contributed by atoms with van der Waals surface area (Å²) in [5, 5.41) is 7.49. The van der Waals surface area contributed by atoms with Crippen molar-refractivity contribution in [2.24, 2.45) is 18.4 Å². The zero-order valence-corrected chi connectivity index (χ0v) is 16.7. The molecule has 4 rings (SSSR count). The zero-order valence-electron chi connectivity index (χ0n) is 16.7. The molecule has 1 aromatic rings. The first-order valence-electron chi connectivity index (χ1n) is 10.6. The van der Waals surface area contributed by atoms with Crippen molar-refractivity contribution < 1.29 is 9.59 Å². The number of amides is 2. The Bertz CT molecular complexity index is 696. The number of aromatic nitrogens is 2. The second kappa shape index (κ2) is 7.28. The Hall–Kier alpha value is -1.85. The van der Waals surface area contributed by atoms with Crippen LogP contribution in [-0.2, 0) is 11.8 Å². The molecule has 0 aromatic carbocycles. The van der Waals surface area contributed by atoms with Crippen molar-refractivity contribution in [2.45, 2.75) is 70.8 Å². The lowest BCUT2D eigenvalue weighted by atomic mass is 9.66. The van der Waals surface area contributed by atoms with Crippen molar-refractivity contribution in [3.63, 3.8) is 0 Å². The van der Waals surface area contributed by atoms with Crippen LogP contribution in [0.2, 0.25) is 0 Å². The minimum absolute atomic E-state index is 0.0496. The molecule has 2 heterocycles. The minimum atomic E-state index is 0.0496. The van der Waals surface area contributed by atoms with E-state index in [1.54, 1.807) is 4.68 Å². The SMILES string of the molecule is Cc1cc(C(=O)N2CC(CCC(=O)NC3CC3)C3(CCCCC3)C2)nn1C. The lowest BCUT2D eigenvalue weighted by molar-refractivity contribution is -0.121. The highest BCUT2D eigenvalue weighted by molar-refractivity contribution is 5.92. The van der Waals surface area contributed by atoms with E-state index in [4.69, 9.17) is 0 Å². The van der Waals surface area contributed by atoms with Crippen molar-refractivity contribution in [3.05, 3.63) is 17.5 Å². The molecular formula is C21H32N4O2. The molecule has 3 aliphatic rings. The molecule has 27 heavy (non-hydrogen) atoms. The predicted molar refractivity (Wildman–Crippen MR) is 103 cm³/mol. The van der Waals surface area contributed by atoms with Gasteiger partial charge >= 0.3 is 0 Å². The van der Waals surface area contributed by atoms with E-state index in [9.17, 15) is 9.59 Å². The molecule has 3 fully saturated rings. The molecule has 6 nitrogen and oxygen atoms in total. The normalized spacial score (nSPS) is 24.4. The Morgan fingerprint density at radius 2 is 2.00 bits per heavy atom. The van der Waals surface area contributed by atoms with E-state index in [1.165, 1.54) is 32.1 Å². The Kier molecular flexibility index (Phi) is 4.99. The van der Waals surface area contributed by atoms with Gasteiger partial charge in [-0.15, -0.1) is 0 Å². The first kappa shape index (κ1) is 18.5. The highest BCUT2D eigenvalue weighted by Gasteiger charge is 2.48. The zero-order chi connectivity index (χ0) is 19.0. The maximum atomic E-state index is 13.0. The predicted octanol–water partition coefficient (Wildman–Crippen LogP) is 2.81. The van der Waals surface area contributed by atoms with Crippen LogP contribution in [0.3, 0.4) is 0 Å². The van der Waals surface area contributed by atoms with Gasteiger partial charge in [-0.1, -0.05) is 19.3 Å². The van der Waals surface area contributed by atoms with Gasteiger partial charge in [0.15, 0.2) is 5.69 Å². The molecule has 148 valence electrons. The Morgan fingerprint density at radius 1 is 1.26 bits per heavy atom. The molecule has 1 aliphatic heterocycles. The molecule has 0 bridgehead atoms. The smallest absolute Gasteiger partial charge is 0.274 e. The number of likely N-dealkylation sites (tertiary alicyclic amines) is 1. The van der Waals surface area contributed by atoms with Crippen molar-refractivity contribution in [2.75, 3.05) is 13.1 Å². The number of hydrogen-bond donors (Lipinski definition) is 1. The molecule has 6 heteroatoms. The maximum Gasteiger partial charge on any atom is 0.274 e.